The van der Waals surface area contributed by atoms with Crippen molar-refractivity contribution >= 4 is 55.3 Å². The van der Waals surface area contributed by atoms with E-state index in [2.05, 4.69) is 31.0 Å². The highest BCUT2D eigenvalue weighted by Gasteiger charge is 2.60. The quantitative estimate of drug-likeness (QED) is 0.384. The minimum absolute atomic E-state index is 0.230. The number of benzene rings is 1. The molecule has 2 N–H and O–H groups in total. The molecule has 0 spiro atoms. The molecule has 0 radical (unpaired) electrons. The molecule has 3 fully saturated rings. The van der Waals surface area contributed by atoms with Gasteiger partial charge in [0.15, 0.2) is 16.4 Å². The normalized spacial score (nSPS) is 21.6. The van der Waals surface area contributed by atoms with Gasteiger partial charge in [-0.25, -0.2) is 17.6 Å². The van der Waals surface area contributed by atoms with Gasteiger partial charge >= 0.3 is 12.3 Å². The van der Waals surface area contributed by atoms with Crippen LogP contribution in [0.1, 0.15) is 25.0 Å². The number of pyridine rings is 1. The summed E-state index contributed by atoms with van der Waals surface area (Å²) in [5, 5.41) is 19.6. The van der Waals surface area contributed by atoms with Gasteiger partial charge in [0, 0.05) is 36.4 Å². The predicted octanol–water partition coefficient (Wildman–Crippen LogP) is 3.42. The Labute approximate surface area is 272 Å². The third kappa shape index (κ3) is 6.32. The minimum Gasteiger partial charge on any atom is -0.484 e. The second kappa shape index (κ2) is 11.8. The fourth-order valence-electron chi connectivity index (χ4n) is 5.52. The molecule has 5 rings (SSSR count). The molecule has 0 bridgehead atoms. The molecule has 19 heteroatoms. The molecule has 2 atom stereocenters. The van der Waals surface area contributed by atoms with Crippen LogP contribution in [0, 0.1) is 17.1 Å². The van der Waals surface area contributed by atoms with Crippen molar-refractivity contribution < 1.29 is 50.2 Å². The van der Waals surface area contributed by atoms with E-state index in [0.29, 0.717) is 12.8 Å². The average Bonchev–Trinajstić information content (AvgIpc) is 3.56. The highest BCUT2D eigenvalue weighted by molar-refractivity contribution is 9.10. The SMILES string of the molecule is N#CC1(NC(=O)[C@@H]2C[C@@H](S(=O)(=O)c3ccc(OCC(F)(F)F)cc3Cl)CN2C(=O)C2(c3ncc(Br)cc3F)CN(C(=O)O)C2)CC1. The molecule has 46 heavy (non-hydrogen) atoms. The van der Waals surface area contributed by atoms with Gasteiger partial charge in [-0.15, -0.1) is 0 Å². The minimum atomic E-state index is -4.66. The standard InChI is InChI=1S/C27H23BrClF4N5O7S/c28-14-5-18(30)21(35-8-14)26(11-37(12-26)24(41)42)23(40)38-9-16(7-19(38)22(39)36-25(10-34)3-4-25)46(43,44)20-2-1-15(6-17(20)29)45-13-27(31,32)33/h1-2,5-6,8,16,19H,3-4,7,9,11-13H2,(H,36,39)(H,41,42)/t16-,19+/m1/s1. The number of alkyl halides is 3. The maximum Gasteiger partial charge on any atom is 0.422 e. The summed E-state index contributed by atoms with van der Waals surface area (Å²) in [4.78, 5) is 44.8. The summed E-state index contributed by atoms with van der Waals surface area (Å²) >= 11 is 9.24. The summed E-state index contributed by atoms with van der Waals surface area (Å²) in [5.41, 5.74) is -3.52. The van der Waals surface area contributed by atoms with Crippen LogP contribution < -0.4 is 10.1 Å². The first-order chi connectivity index (χ1) is 21.4. The number of rotatable bonds is 8. The van der Waals surface area contributed by atoms with E-state index in [4.69, 9.17) is 11.6 Å². The zero-order chi connectivity index (χ0) is 33.8. The van der Waals surface area contributed by atoms with Crippen molar-refractivity contribution in [1.82, 2.24) is 20.1 Å². The molecule has 3 heterocycles. The lowest BCUT2D eigenvalue weighted by Gasteiger charge is -2.48. The Morgan fingerprint density at radius 3 is 2.46 bits per heavy atom. The van der Waals surface area contributed by atoms with Crippen LogP contribution in [-0.4, -0.2) is 95.5 Å². The van der Waals surface area contributed by atoms with Crippen molar-refractivity contribution in [2.45, 2.75) is 52.6 Å². The number of nitrogens with zero attached hydrogens (tertiary/aromatic N) is 4. The second-order valence-electron chi connectivity index (χ2n) is 11.3. The van der Waals surface area contributed by atoms with E-state index in [1.54, 1.807) is 0 Å². The number of ether oxygens (including phenoxy) is 1. The summed E-state index contributed by atoms with van der Waals surface area (Å²) < 4.78 is 85.5. The van der Waals surface area contributed by atoms with Crippen LogP contribution in [0.2, 0.25) is 5.02 Å². The number of halogens is 6. The van der Waals surface area contributed by atoms with Gasteiger partial charge < -0.3 is 25.0 Å². The Kier molecular flexibility index (Phi) is 8.66. The maximum atomic E-state index is 15.2. The summed E-state index contributed by atoms with van der Waals surface area (Å²) in [7, 11) is -4.48. The largest absolute Gasteiger partial charge is 0.484 e. The second-order valence-corrected chi connectivity index (χ2v) is 14.8. The smallest absolute Gasteiger partial charge is 0.422 e. The number of hydrogen-bond donors (Lipinski definition) is 2. The zero-order valence-electron chi connectivity index (χ0n) is 23.4. The van der Waals surface area contributed by atoms with Crippen LogP contribution >= 0.6 is 27.5 Å². The van der Waals surface area contributed by atoms with Gasteiger partial charge in [-0.3, -0.25) is 14.6 Å². The Morgan fingerprint density at radius 1 is 1.24 bits per heavy atom. The highest BCUT2D eigenvalue weighted by atomic mass is 79.9. The molecule has 246 valence electrons. The van der Waals surface area contributed by atoms with Crippen molar-refractivity contribution in [2.24, 2.45) is 0 Å². The van der Waals surface area contributed by atoms with Crippen molar-refractivity contribution in [3.8, 4) is 11.8 Å². The maximum absolute atomic E-state index is 15.2. The highest BCUT2D eigenvalue weighted by Crippen LogP contribution is 2.42. The van der Waals surface area contributed by atoms with Crippen LogP contribution in [0.15, 0.2) is 39.8 Å². The predicted molar refractivity (Wildman–Crippen MR) is 153 cm³/mol. The molecule has 3 aliphatic rings. The number of nitrogens with one attached hydrogen (secondary N) is 1. The van der Waals surface area contributed by atoms with Crippen LogP contribution in [-0.2, 0) is 24.8 Å². The van der Waals surface area contributed by atoms with Crippen LogP contribution in [0.4, 0.5) is 22.4 Å². The lowest BCUT2D eigenvalue weighted by Crippen LogP contribution is -2.69. The topological polar surface area (TPSA) is 170 Å². The van der Waals surface area contributed by atoms with E-state index in [9.17, 15) is 46.3 Å². The number of carbonyl (C=O) groups excluding carboxylic acids is 2. The number of likely N-dealkylation sites (tertiary alicyclic amines) is 2. The molecular formula is C27H23BrClF4N5O7S. The van der Waals surface area contributed by atoms with E-state index in [1.165, 1.54) is 6.20 Å². The Hall–Kier alpha value is -3.69. The van der Waals surface area contributed by atoms with Gasteiger partial charge in [-0.05, 0) is 53.4 Å². The Bertz CT molecular complexity index is 1760. The first-order valence-electron chi connectivity index (χ1n) is 13.5. The van der Waals surface area contributed by atoms with Crippen molar-refractivity contribution in [1.29, 1.82) is 5.26 Å². The Balaban J connectivity index is 1.50. The van der Waals surface area contributed by atoms with Gasteiger partial charge in [0.1, 0.15) is 28.6 Å². The molecule has 0 unspecified atom stereocenters. The zero-order valence-corrected chi connectivity index (χ0v) is 26.5. The molecule has 2 aromatic rings. The molecule has 1 aromatic carbocycles. The molecule has 2 saturated heterocycles. The number of hydrogen-bond acceptors (Lipinski definition) is 8. The average molecular weight is 753 g/mol. The molecule has 1 saturated carbocycles. The number of carboxylic acid groups (broad SMARTS) is 1. The molecule has 2 aliphatic heterocycles. The van der Waals surface area contributed by atoms with E-state index < -0.39 is 110 Å². The molecule has 3 amide bonds. The summed E-state index contributed by atoms with van der Waals surface area (Å²) in [6, 6.07) is 4.31. The van der Waals surface area contributed by atoms with Gasteiger partial charge in [0.05, 0.1) is 26.9 Å². The van der Waals surface area contributed by atoms with Crippen LogP contribution in [0.25, 0.3) is 0 Å². The number of aromatic nitrogens is 1. The monoisotopic (exact) mass is 751 g/mol. The van der Waals surface area contributed by atoms with Crippen molar-refractivity contribution in [3.63, 3.8) is 0 Å². The van der Waals surface area contributed by atoms with E-state index in [1.807, 2.05) is 6.07 Å². The fraction of sp³-hybridized carbons (Fsp3) is 0.444. The van der Waals surface area contributed by atoms with E-state index >= 15 is 4.39 Å². The van der Waals surface area contributed by atoms with Crippen molar-refractivity contribution in [2.75, 3.05) is 26.2 Å². The number of carbonyl (C=O) groups is 3. The summed E-state index contributed by atoms with van der Waals surface area (Å²) in [5.74, 6) is -3.11. The number of amides is 3. The first kappa shape index (κ1) is 33.7. The summed E-state index contributed by atoms with van der Waals surface area (Å²) in [6.07, 6.45) is -4.71. The Morgan fingerprint density at radius 2 is 1.91 bits per heavy atom. The lowest BCUT2D eigenvalue weighted by atomic mass is 9.74. The van der Waals surface area contributed by atoms with Gasteiger partial charge in [0.2, 0.25) is 11.8 Å². The molecular weight excluding hydrogens is 730 g/mol. The lowest BCUT2D eigenvalue weighted by molar-refractivity contribution is -0.153. The fourth-order valence-corrected chi connectivity index (χ4v) is 8.06. The third-order valence-electron chi connectivity index (χ3n) is 8.07. The number of nitriles is 1. The summed E-state index contributed by atoms with van der Waals surface area (Å²) in [6.45, 7) is -3.34. The van der Waals surface area contributed by atoms with Gasteiger partial charge in [0.25, 0.3) is 0 Å². The van der Waals surface area contributed by atoms with E-state index in [-0.39, 0.29) is 10.2 Å². The molecule has 1 aromatic heterocycles. The van der Waals surface area contributed by atoms with E-state index in [0.717, 1.165) is 34.1 Å². The van der Waals surface area contributed by atoms with Crippen molar-refractivity contribution in [3.05, 3.63) is 51.5 Å². The third-order valence-corrected chi connectivity index (χ3v) is 11.1. The first-order valence-corrected chi connectivity index (χ1v) is 16.2. The van der Waals surface area contributed by atoms with Crippen LogP contribution in [0.3, 0.4) is 0 Å². The molecule has 12 nitrogen and oxygen atoms in total. The van der Waals surface area contributed by atoms with Gasteiger partial charge in [-0.1, -0.05) is 11.6 Å². The van der Waals surface area contributed by atoms with Crippen LogP contribution in [0.5, 0.6) is 5.75 Å². The molecule has 1 aliphatic carbocycles. The van der Waals surface area contributed by atoms with Gasteiger partial charge in [-0.2, -0.15) is 18.4 Å². The number of sulfone groups is 1.